The van der Waals surface area contributed by atoms with Gasteiger partial charge in [0.1, 0.15) is 4.99 Å². The van der Waals surface area contributed by atoms with Gasteiger partial charge in [-0.25, -0.2) is 0 Å². The van der Waals surface area contributed by atoms with Gasteiger partial charge in [-0.1, -0.05) is 55.5 Å². The zero-order valence-electron chi connectivity index (χ0n) is 11.9. The molecule has 0 unspecified atom stereocenters. The molecule has 0 heterocycles. The number of benzene rings is 2. The van der Waals surface area contributed by atoms with Crippen LogP contribution >= 0.6 is 12.2 Å². The minimum atomic E-state index is -0.0619. The average molecular weight is 298 g/mol. The van der Waals surface area contributed by atoms with Crippen molar-refractivity contribution < 1.29 is 4.79 Å². The second-order valence-electron chi connectivity index (χ2n) is 4.76. The summed E-state index contributed by atoms with van der Waals surface area (Å²) in [5.41, 5.74) is 9.17. The number of nitrogens with one attached hydrogen (secondary N) is 1. The number of hydrogen-bond acceptors (Lipinski definition) is 2. The molecule has 0 aliphatic rings. The number of hydrogen-bond donors (Lipinski definition) is 2. The number of carbonyl (C=O) groups is 1. The van der Waals surface area contributed by atoms with E-state index in [1.807, 2.05) is 55.5 Å². The highest BCUT2D eigenvalue weighted by Gasteiger charge is 2.09. The lowest BCUT2D eigenvalue weighted by molar-refractivity contribution is 0.0950. The SMILES string of the molecule is CCc1ccccc1C(=O)NCc1cccc(C(N)=S)c1. The molecule has 0 radical (unpaired) electrons. The van der Waals surface area contributed by atoms with Gasteiger partial charge in [0.05, 0.1) is 0 Å². The molecule has 0 fully saturated rings. The fourth-order valence-electron chi connectivity index (χ4n) is 2.16. The summed E-state index contributed by atoms with van der Waals surface area (Å²) in [6, 6.07) is 15.2. The second-order valence-corrected chi connectivity index (χ2v) is 5.20. The van der Waals surface area contributed by atoms with E-state index in [0.717, 1.165) is 28.7 Å². The van der Waals surface area contributed by atoms with Crippen LogP contribution in [0, 0.1) is 0 Å². The van der Waals surface area contributed by atoms with Crippen LogP contribution < -0.4 is 11.1 Å². The molecule has 2 rings (SSSR count). The first-order valence-corrected chi connectivity index (χ1v) is 7.27. The number of rotatable bonds is 5. The average Bonchev–Trinajstić information content (AvgIpc) is 2.52. The molecule has 0 spiro atoms. The van der Waals surface area contributed by atoms with Gasteiger partial charge in [0.15, 0.2) is 0 Å². The summed E-state index contributed by atoms with van der Waals surface area (Å²) in [4.78, 5) is 12.6. The maximum Gasteiger partial charge on any atom is 0.251 e. The van der Waals surface area contributed by atoms with E-state index in [2.05, 4.69) is 5.32 Å². The summed E-state index contributed by atoms with van der Waals surface area (Å²) in [5.74, 6) is -0.0619. The second kappa shape index (κ2) is 6.99. The van der Waals surface area contributed by atoms with Crippen molar-refractivity contribution >= 4 is 23.1 Å². The van der Waals surface area contributed by atoms with Crippen molar-refractivity contribution in [3.05, 3.63) is 70.8 Å². The van der Waals surface area contributed by atoms with Gasteiger partial charge in [0, 0.05) is 17.7 Å². The monoisotopic (exact) mass is 298 g/mol. The number of thiocarbonyl (C=S) groups is 1. The smallest absolute Gasteiger partial charge is 0.251 e. The number of aryl methyl sites for hydroxylation is 1. The Morgan fingerprint density at radius 1 is 1.19 bits per heavy atom. The Morgan fingerprint density at radius 3 is 2.67 bits per heavy atom. The Labute approximate surface area is 130 Å². The molecule has 0 aliphatic heterocycles. The van der Waals surface area contributed by atoms with Gasteiger partial charge < -0.3 is 11.1 Å². The number of carbonyl (C=O) groups excluding carboxylic acids is 1. The first kappa shape index (κ1) is 15.2. The standard InChI is InChI=1S/C17H18N2OS/c1-2-13-7-3-4-9-15(13)17(20)19-11-12-6-5-8-14(10-12)16(18)21/h3-10H,2,11H2,1H3,(H2,18,21)(H,19,20). The lowest BCUT2D eigenvalue weighted by Crippen LogP contribution is -2.24. The van der Waals surface area contributed by atoms with Crippen LogP contribution in [0.1, 0.15) is 34.0 Å². The van der Waals surface area contributed by atoms with E-state index in [-0.39, 0.29) is 5.91 Å². The van der Waals surface area contributed by atoms with Crippen molar-refractivity contribution in [2.75, 3.05) is 0 Å². The number of nitrogens with two attached hydrogens (primary N) is 1. The van der Waals surface area contributed by atoms with Crippen molar-refractivity contribution in [2.24, 2.45) is 5.73 Å². The third-order valence-corrected chi connectivity index (χ3v) is 3.54. The van der Waals surface area contributed by atoms with Crippen molar-refractivity contribution in [1.29, 1.82) is 0 Å². The Kier molecular flexibility index (Phi) is 5.06. The minimum absolute atomic E-state index is 0.0619. The van der Waals surface area contributed by atoms with Crippen LogP contribution in [-0.2, 0) is 13.0 Å². The highest BCUT2D eigenvalue weighted by atomic mass is 32.1. The van der Waals surface area contributed by atoms with Crippen LogP contribution in [0.2, 0.25) is 0 Å². The van der Waals surface area contributed by atoms with Gasteiger partial charge in [-0.3, -0.25) is 4.79 Å². The van der Waals surface area contributed by atoms with Crippen LogP contribution in [0.25, 0.3) is 0 Å². The third kappa shape index (κ3) is 3.89. The van der Waals surface area contributed by atoms with Gasteiger partial charge >= 0.3 is 0 Å². The van der Waals surface area contributed by atoms with E-state index >= 15 is 0 Å². The molecular weight excluding hydrogens is 280 g/mol. The number of amides is 1. The third-order valence-electron chi connectivity index (χ3n) is 3.31. The summed E-state index contributed by atoms with van der Waals surface area (Å²) in [6.45, 7) is 2.49. The molecule has 4 heteroatoms. The predicted octanol–water partition coefficient (Wildman–Crippen LogP) is 2.81. The molecule has 3 N–H and O–H groups in total. The maximum absolute atomic E-state index is 12.3. The van der Waals surface area contributed by atoms with Crippen LogP contribution in [0.4, 0.5) is 0 Å². The molecule has 0 atom stereocenters. The topological polar surface area (TPSA) is 55.1 Å². The van der Waals surface area contributed by atoms with E-state index in [0.29, 0.717) is 11.5 Å². The molecule has 1 amide bonds. The van der Waals surface area contributed by atoms with Gasteiger partial charge in [0.25, 0.3) is 5.91 Å². The minimum Gasteiger partial charge on any atom is -0.389 e. The molecule has 0 bridgehead atoms. The van der Waals surface area contributed by atoms with E-state index in [1.54, 1.807) is 0 Å². The summed E-state index contributed by atoms with van der Waals surface area (Å²) < 4.78 is 0. The normalized spacial score (nSPS) is 10.1. The summed E-state index contributed by atoms with van der Waals surface area (Å²) in [7, 11) is 0. The first-order chi connectivity index (χ1) is 10.1. The zero-order chi connectivity index (χ0) is 15.2. The van der Waals surface area contributed by atoms with E-state index < -0.39 is 0 Å². The molecule has 0 saturated heterocycles. The molecule has 0 aromatic heterocycles. The first-order valence-electron chi connectivity index (χ1n) is 6.86. The van der Waals surface area contributed by atoms with Crippen LogP contribution in [0.3, 0.4) is 0 Å². The Balaban J connectivity index is 2.07. The molecule has 0 saturated carbocycles. The summed E-state index contributed by atoms with van der Waals surface area (Å²) in [6.07, 6.45) is 0.834. The Hall–Kier alpha value is -2.20. The molecule has 21 heavy (non-hydrogen) atoms. The quantitative estimate of drug-likeness (QED) is 0.835. The van der Waals surface area contributed by atoms with Crippen LogP contribution in [-0.4, -0.2) is 10.9 Å². The summed E-state index contributed by atoms with van der Waals surface area (Å²) >= 11 is 4.96. The molecule has 0 aliphatic carbocycles. The molecule has 3 nitrogen and oxygen atoms in total. The Morgan fingerprint density at radius 2 is 1.95 bits per heavy atom. The lowest BCUT2D eigenvalue weighted by atomic mass is 10.0. The van der Waals surface area contributed by atoms with Gasteiger partial charge in [0.2, 0.25) is 0 Å². The van der Waals surface area contributed by atoms with Gasteiger partial charge in [-0.05, 0) is 29.7 Å². The van der Waals surface area contributed by atoms with Crippen LogP contribution in [0.15, 0.2) is 48.5 Å². The lowest BCUT2D eigenvalue weighted by Gasteiger charge is -2.09. The van der Waals surface area contributed by atoms with Gasteiger partial charge in [-0.2, -0.15) is 0 Å². The van der Waals surface area contributed by atoms with Crippen LogP contribution in [0.5, 0.6) is 0 Å². The van der Waals surface area contributed by atoms with Crippen molar-refractivity contribution in [2.45, 2.75) is 19.9 Å². The fraction of sp³-hybridized carbons (Fsp3) is 0.176. The zero-order valence-corrected chi connectivity index (χ0v) is 12.7. The summed E-state index contributed by atoms with van der Waals surface area (Å²) in [5, 5.41) is 2.93. The maximum atomic E-state index is 12.3. The van der Waals surface area contributed by atoms with E-state index in [9.17, 15) is 4.79 Å². The largest absolute Gasteiger partial charge is 0.389 e. The highest BCUT2D eigenvalue weighted by molar-refractivity contribution is 7.80. The van der Waals surface area contributed by atoms with Crippen molar-refractivity contribution in [3.8, 4) is 0 Å². The van der Waals surface area contributed by atoms with Crippen molar-refractivity contribution in [3.63, 3.8) is 0 Å². The van der Waals surface area contributed by atoms with E-state index in [4.69, 9.17) is 18.0 Å². The molecule has 108 valence electrons. The van der Waals surface area contributed by atoms with E-state index in [1.165, 1.54) is 0 Å². The Bertz CT molecular complexity index is 667. The van der Waals surface area contributed by atoms with Gasteiger partial charge in [-0.15, -0.1) is 0 Å². The molecular formula is C17H18N2OS. The highest BCUT2D eigenvalue weighted by Crippen LogP contribution is 2.10. The molecule has 2 aromatic carbocycles. The fourth-order valence-corrected chi connectivity index (χ4v) is 2.29. The predicted molar refractivity (Wildman–Crippen MR) is 89.3 cm³/mol. The van der Waals surface area contributed by atoms with Crippen molar-refractivity contribution in [1.82, 2.24) is 5.32 Å². The molecule has 2 aromatic rings.